The fraction of sp³-hybridized carbons (Fsp3) is 0.300. The van der Waals surface area contributed by atoms with Gasteiger partial charge in [-0.2, -0.15) is 5.10 Å². The van der Waals surface area contributed by atoms with Crippen LogP contribution in [0.2, 0.25) is 0 Å². The Morgan fingerprint density at radius 2 is 2.16 bits per heavy atom. The molecule has 100 valence electrons. The molecule has 2 aromatic rings. The predicted octanol–water partition coefficient (Wildman–Crippen LogP) is 0.431. The van der Waals surface area contributed by atoms with Crippen LogP contribution in [0.5, 0.6) is 0 Å². The second-order valence-corrected chi connectivity index (χ2v) is 3.78. The van der Waals surface area contributed by atoms with Gasteiger partial charge in [0.05, 0.1) is 0 Å². The molecule has 0 aromatic carbocycles. The molecule has 2 rings (SSSR count). The number of anilines is 1. The quantitative estimate of drug-likeness (QED) is 0.618. The van der Waals surface area contributed by atoms with Crippen LogP contribution in [0.25, 0.3) is 0 Å². The van der Waals surface area contributed by atoms with E-state index >= 15 is 0 Å². The highest BCUT2D eigenvalue weighted by molar-refractivity contribution is 6.01. The summed E-state index contributed by atoms with van der Waals surface area (Å²) in [6.07, 6.45) is 1.59. The molecule has 0 saturated carbocycles. The Labute approximate surface area is 107 Å². The van der Waals surface area contributed by atoms with Crippen molar-refractivity contribution in [3.8, 4) is 0 Å². The van der Waals surface area contributed by atoms with Gasteiger partial charge in [0, 0.05) is 12.5 Å². The molecule has 0 unspecified atom stereocenters. The lowest BCUT2D eigenvalue weighted by Crippen LogP contribution is -2.14. The number of carbonyl (C=O) groups is 2. The van der Waals surface area contributed by atoms with Crippen molar-refractivity contribution in [1.29, 1.82) is 0 Å². The van der Waals surface area contributed by atoms with Crippen LogP contribution >= 0.6 is 0 Å². The Morgan fingerprint density at radius 1 is 1.37 bits per heavy atom. The molecule has 0 radical (unpaired) electrons. The number of rotatable bonds is 5. The zero-order valence-electron chi connectivity index (χ0n) is 10.1. The number of nitrogens with one attached hydrogen (secondary N) is 3. The molecule has 9 nitrogen and oxygen atoms in total. The van der Waals surface area contributed by atoms with Crippen molar-refractivity contribution in [3.63, 3.8) is 0 Å². The topological polar surface area (TPSA) is 137 Å². The van der Waals surface area contributed by atoms with Gasteiger partial charge in [-0.15, -0.1) is 5.10 Å². The van der Waals surface area contributed by atoms with Crippen LogP contribution in [-0.2, 0) is 6.42 Å². The molecule has 9 heteroatoms. The van der Waals surface area contributed by atoms with Crippen molar-refractivity contribution in [2.75, 3.05) is 5.32 Å². The molecular formula is C10H12N6O3. The van der Waals surface area contributed by atoms with Gasteiger partial charge in [0.15, 0.2) is 5.82 Å². The highest BCUT2D eigenvalue weighted by atomic mass is 16.4. The lowest BCUT2D eigenvalue weighted by atomic mass is 10.3. The van der Waals surface area contributed by atoms with E-state index in [0.717, 1.165) is 6.42 Å². The van der Waals surface area contributed by atoms with E-state index in [-0.39, 0.29) is 17.3 Å². The van der Waals surface area contributed by atoms with Crippen LogP contribution in [0.3, 0.4) is 0 Å². The molecule has 2 heterocycles. The Balaban J connectivity index is 2.04. The summed E-state index contributed by atoms with van der Waals surface area (Å²) in [6, 6.07) is 1.21. The summed E-state index contributed by atoms with van der Waals surface area (Å²) in [5.74, 6) is -0.994. The van der Waals surface area contributed by atoms with E-state index < -0.39 is 11.9 Å². The van der Waals surface area contributed by atoms with Gasteiger partial charge in [-0.1, -0.05) is 6.92 Å². The number of nitrogens with zero attached hydrogens (tertiary/aromatic N) is 3. The van der Waals surface area contributed by atoms with E-state index in [1.54, 1.807) is 0 Å². The maximum Gasteiger partial charge on any atom is 0.353 e. The number of H-pyrrole nitrogens is 2. The number of hydrogen-bond acceptors (Lipinski definition) is 5. The number of amides is 1. The Hall–Kier alpha value is -2.71. The fourth-order valence-electron chi connectivity index (χ4n) is 1.41. The molecule has 0 atom stereocenters. The van der Waals surface area contributed by atoms with Crippen LogP contribution < -0.4 is 5.32 Å². The molecular weight excluding hydrogens is 252 g/mol. The van der Waals surface area contributed by atoms with Crippen LogP contribution in [-0.4, -0.2) is 42.4 Å². The van der Waals surface area contributed by atoms with E-state index in [1.165, 1.54) is 6.07 Å². The number of aromatic amines is 2. The van der Waals surface area contributed by atoms with Gasteiger partial charge in [-0.3, -0.25) is 15.0 Å². The molecule has 0 aliphatic heterocycles. The largest absolute Gasteiger partial charge is 0.477 e. The number of aromatic nitrogens is 5. The van der Waals surface area contributed by atoms with E-state index in [0.29, 0.717) is 12.2 Å². The van der Waals surface area contributed by atoms with Gasteiger partial charge in [0.25, 0.3) is 5.91 Å². The highest BCUT2D eigenvalue weighted by Crippen LogP contribution is 2.06. The molecule has 0 aliphatic carbocycles. The van der Waals surface area contributed by atoms with Crippen molar-refractivity contribution >= 4 is 17.7 Å². The molecule has 0 aliphatic rings. The van der Waals surface area contributed by atoms with Crippen molar-refractivity contribution in [3.05, 3.63) is 23.4 Å². The second kappa shape index (κ2) is 5.29. The van der Waals surface area contributed by atoms with E-state index in [2.05, 4.69) is 30.7 Å². The average Bonchev–Trinajstić information content (AvgIpc) is 2.98. The minimum atomic E-state index is -1.16. The molecule has 0 bridgehead atoms. The summed E-state index contributed by atoms with van der Waals surface area (Å²) >= 11 is 0. The van der Waals surface area contributed by atoms with Crippen LogP contribution in [0.15, 0.2) is 6.07 Å². The maximum absolute atomic E-state index is 11.8. The molecule has 4 N–H and O–H groups in total. The summed E-state index contributed by atoms with van der Waals surface area (Å²) in [7, 11) is 0. The van der Waals surface area contributed by atoms with Crippen molar-refractivity contribution in [2.45, 2.75) is 19.8 Å². The minimum Gasteiger partial charge on any atom is -0.477 e. The van der Waals surface area contributed by atoms with Gasteiger partial charge < -0.3 is 10.4 Å². The molecule has 0 spiro atoms. The molecule has 19 heavy (non-hydrogen) atoms. The van der Waals surface area contributed by atoms with Crippen molar-refractivity contribution in [1.82, 2.24) is 25.4 Å². The maximum atomic E-state index is 11.8. The van der Waals surface area contributed by atoms with Gasteiger partial charge >= 0.3 is 5.97 Å². The van der Waals surface area contributed by atoms with Crippen molar-refractivity contribution in [2.24, 2.45) is 0 Å². The minimum absolute atomic E-state index is 0.0108. The van der Waals surface area contributed by atoms with E-state index in [9.17, 15) is 9.59 Å². The lowest BCUT2D eigenvalue weighted by molar-refractivity contribution is 0.0690. The summed E-state index contributed by atoms with van der Waals surface area (Å²) < 4.78 is 0. The Morgan fingerprint density at radius 3 is 2.79 bits per heavy atom. The average molecular weight is 264 g/mol. The Bertz CT molecular complexity index is 602. The number of aryl methyl sites for hydroxylation is 1. The third kappa shape index (κ3) is 2.94. The van der Waals surface area contributed by atoms with Crippen LogP contribution in [0.1, 0.15) is 40.3 Å². The SMILES string of the molecule is CCCc1nc(C(=O)Nc2cc(C(=O)O)[nH]n2)n[nH]1. The first-order valence-electron chi connectivity index (χ1n) is 5.61. The van der Waals surface area contributed by atoms with Crippen LogP contribution in [0, 0.1) is 0 Å². The second-order valence-electron chi connectivity index (χ2n) is 3.78. The zero-order valence-corrected chi connectivity index (χ0v) is 10.1. The van der Waals surface area contributed by atoms with E-state index in [1.807, 2.05) is 6.92 Å². The summed E-state index contributed by atoms with van der Waals surface area (Å²) in [6.45, 7) is 1.99. The molecule has 2 aromatic heterocycles. The number of hydrogen-bond donors (Lipinski definition) is 4. The lowest BCUT2D eigenvalue weighted by Gasteiger charge is -1.95. The van der Waals surface area contributed by atoms with Crippen molar-refractivity contribution < 1.29 is 14.7 Å². The summed E-state index contributed by atoms with van der Waals surface area (Å²) in [5.41, 5.74) is -0.114. The molecule has 0 fully saturated rings. The van der Waals surface area contributed by atoms with E-state index in [4.69, 9.17) is 5.11 Å². The van der Waals surface area contributed by atoms with Gasteiger partial charge in [0.1, 0.15) is 11.5 Å². The number of aromatic carboxylic acids is 1. The highest BCUT2D eigenvalue weighted by Gasteiger charge is 2.15. The van der Waals surface area contributed by atoms with Gasteiger partial charge in [0.2, 0.25) is 5.82 Å². The summed E-state index contributed by atoms with van der Waals surface area (Å²) in [4.78, 5) is 26.4. The van der Waals surface area contributed by atoms with Crippen LogP contribution in [0.4, 0.5) is 5.82 Å². The van der Waals surface area contributed by atoms with Gasteiger partial charge in [-0.05, 0) is 6.42 Å². The first-order valence-corrected chi connectivity index (χ1v) is 5.61. The number of carboxylic acids is 1. The monoisotopic (exact) mass is 264 g/mol. The predicted molar refractivity (Wildman–Crippen MR) is 63.9 cm³/mol. The molecule has 0 saturated heterocycles. The number of carboxylic acid groups (broad SMARTS) is 1. The third-order valence-electron chi connectivity index (χ3n) is 2.27. The fourth-order valence-corrected chi connectivity index (χ4v) is 1.41. The standard InChI is InChI=1S/C10H12N6O3/c1-2-3-6-11-8(16-14-6)9(17)12-7-4-5(10(18)19)13-15-7/h4H,2-3H2,1H3,(H,18,19)(H,11,14,16)(H2,12,13,15,17). The third-order valence-corrected chi connectivity index (χ3v) is 2.27. The number of carbonyl (C=O) groups excluding carboxylic acids is 1. The Kier molecular flexibility index (Phi) is 3.55. The van der Waals surface area contributed by atoms with Gasteiger partial charge in [-0.25, -0.2) is 9.78 Å². The smallest absolute Gasteiger partial charge is 0.353 e. The summed E-state index contributed by atoms with van der Waals surface area (Å²) in [5, 5.41) is 23.4. The zero-order chi connectivity index (χ0) is 13.8. The first kappa shape index (κ1) is 12.7. The molecule has 1 amide bonds. The first-order chi connectivity index (χ1) is 9.10. The normalized spacial score (nSPS) is 10.4.